The van der Waals surface area contributed by atoms with Crippen molar-refractivity contribution in [3.8, 4) is 0 Å². The largest absolute Gasteiger partial charge is 0.325 e. The summed E-state index contributed by atoms with van der Waals surface area (Å²) in [4.78, 5) is 39.4. The summed E-state index contributed by atoms with van der Waals surface area (Å²) in [5.41, 5.74) is 2.13. The number of fused-ring (bicyclic) bond motifs is 1. The molecular weight excluding hydrogens is 378 g/mol. The van der Waals surface area contributed by atoms with Gasteiger partial charge in [-0.3, -0.25) is 14.5 Å². The van der Waals surface area contributed by atoms with Gasteiger partial charge in [0, 0.05) is 5.69 Å². The summed E-state index contributed by atoms with van der Waals surface area (Å²) >= 11 is 0. The van der Waals surface area contributed by atoms with E-state index in [0.29, 0.717) is 11.3 Å². The van der Waals surface area contributed by atoms with Crippen LogP contribution in [0.2, 0.25) is 0 Å². The lowest BCUT2D eigenvalue weighted by Gasteiger charge is -2.24. The van der Waals surface area contributed by atoms with E-state index in [1.54, 1.807) is 6.92 Å². The Bertz CT molecular complexity index is 1180. The molecule has 0 aliphatic carbocycles. The predicted octanol–water partition coefficient (Wildman–Crippen LogP) is 3.86. The van der Waals surface area contributed by atoms with Crippen LogP contribution >= 0.6 is 0 Å². The van der Waals surface area contributed by atoms with Crippen LogP contribution in [0.15, 0.2) is 60.7 Å². The number of urea groups is 1. The number of carbonyl (C=O) groups excluding carboxylic acids is 3. The third-order valence-corrected chi connectivity index (χ3v) is 5.56. The Morgan fingerprint density at radius 1 is 1.03 bits per heavy atom. The van der Waals surface area contributed by atoms with Crippen molar-refractivity contribution in [2.45, 2.75) is 26.3 Å². The Hall–Kier alpha value is -3.67. The van der Waals surface area contributed by atoms with Crippen molar-refractivity contribution in [2.75, 3.05) is 11.9 Å². The van der Waals surface area contributed by atoms with E-state index >= 15 is 0 Å². The van der Waals surface area contributed by atoms with Gasteiger partial charge in [0.05, 0.1) is 0 Å². The average Bonchev–Trinajstić information content (AvgIpc) is 2.93. The van der Waals surface area contributed by atoms with Gasteiger partial charge >= 0.3 is 6.03 Å². The van der Waals surface area contributed by atoms with Crippen molar-refractivity contribution in [3.63, 3.8) is 0 Å². The van der Waals surface area contributed by atoms with Crippen LogP contribution in [0.5, 0.6) is 0 Å². The Labute approximate surface area is 174 Å². The zero-order valence-corrected chi connectivity index (χ0v) is 17.2. The SMILES string of the molecule is Cc1ccc(NC(=O)CN2C(=O)NC(C)(c3cccc4ccccc34)C2=O)c(C)c1. The number of nitrogens with zero attached hydrogens (tertiary/aromatic N) is 1. The first kappa shape index (κ1) is 19.6. The van der Waals surface area contributed by atoms with E-state index in [1.165, 1.54) is 0 Å². The minimum atomic E-state index is -1.24. The molecule has 3 aromatic carbocycles. The molecule has 2 N–H and O–H groups in total. The number of hydrogen-bond acceptors (Lipinski definition) is 3. The van der Waals surface area contributed by atoms with Crippen molar-refractivity contribution in [2.24, 2.45) is 0 Å². The lowest BCUT2D eigenvalue weighted by atomic mass is 9.88. The smallest absolute Gasteiger partial charge is 0.324 e. The normalized spacial score (nSPS) is 18.6. The maximum atomic E-state index is 13.2. The molecule has 0 bridgehead atoms. The maximum absolute atomic E-state index is 13.2. The molecule has 0 aromatic heterocycles. The Morgan fingerprint density at radius 3 is 2.53 bits per heavy atom. The highest BCUT2D eigenvalue weighted by atomic mass is 16.2. The molecule has 6 heteroatoms. The summed E-state index contributed by atoms with van der Waals surface area (Å²) in [6.07, 6.45) is 0. The zero-order chi connectivity index (χ0) is 21.5. The average molecular weight is 401 g/mol. The minimum absolute atomic E-state index is 0.349. The summed E-state index contributed by atoms with van der Waals surface area (Å²) in [5.74, 6) is -0.868. The second-order valence-corrected chi connectivity index (χ2v) is 7.84. The van der Waals surface area contributed by atoms with Crippen molar-refractivity contribution < 1.29 is 14.4 Å². The molecule has 4 amide bonds. The summed E-state index contributed by atoms with van der Waals surface area (Å²) in [6.45, 7) is 5.20. The van der Waals surface area contributed by atoms with Crippen LogP contribution in [0.4, 0.5) is 10.5 Å². The van der Waals surface area contributed by atoms with Crippen LogP contribution in [-0.2, 0) is 15.1 Å². The van der Waals surface area contributed by atoms with E-state index in [1.807, 2.05) is 74.5 Å². The monoisotopic (exact) mass is 401 g/mol. The Morgan fingerprint density at radius 2 is 1.77 bits per heavy atom. The molecule has 3 aromatic rings. The highest BCUT2D eigenvalue weighted by Crippen LogP contribution is 2.33. The van der Waals surface area contributed by atoms with E-state index in [2.05, 4.69) is 10.6 Å². The second kappa shape index (κ2) is 7.30. The van der Waals surface area contributed by atoms with Gasteiger partial charge in [-0.2, -0.15) is 0 Å². The van der Waals surface area contributed by atoms with Gasteiger partial charge in [-0.05, 0) is 48.7 Å². The number of carbonyl (C=O) groups is 3. The molecular formula is C24H23N3O3. The van der Waals surface area contributed by atoms with Gasteiger partial charge < -0.3 is 10.6 Å². The van der Waals surface area contributed by atoms with E-state index in [4.69, 9.17) is 0 Å². The van der Waals surface area contributed by atoms with Crippen molar-refractivity contribution in [1.29, 1.82) is 0 Å². The van der Waals surface area contributed by atoms with E-state index < -0.39 is 23.4 Å². The second-order valence-electron chi connectivity index (χ2n) is 7.84. The Kier molecular flexibility index (Phi) is 4.78. The van der Waals surface area contributed by atoms with Crippen LogP contribution < -0.4 is 10.6 Å². The fourth-order valence-electron chi connectivity index (χ4n) is 3.97. The summed E-state index contributed by atoms with van der Waals surface area (Å²) in [5, 5.41) is 7.44. The molecule has 0 spiro atoms. The van der Waals surface area contributed by atoms with Crippen LogP contribution in [0, 0.1) is 13.8 Å². The number of anilines is 1. The summed E-state index contributed by atoms with van der Waals surface area (Å²) in [7, 11) is 0. The first-order chi connectivity index (χ1) is 14.3. The molecule has 1 heterocycles. The van der Waals surface area contributed by atoms with E-state index in [-0.39, 0.29) is 6.54 Å². The highest BCUT2D eigenvalue weighted by Gasteiger charge is 2.50. The van der Waals surface area contributed by atoms with Crippen molar-refractivity contribution >= 4 is 34.3 Å². The van der Waals surface area contributed by atoms with Gasteiger partial charge in [-0.15, -0.1) is 0 Å². The van der Waals surface area contributed by atoms with Gasteiger partial charge in [-0.1, -0.05) is 60.2 Å². The van der Waals surface area contributed by atoms with Crippen LogP contribution in [0.1, 0.15) is 23.6 Å². The van der Waals surface area contributed by atoms with E-state index in [9.17, 15) is 14.4 Å². The van der Waals surface area contributed by atoms with Gasteiger partial charge in [-0.25, -0.2) is 4.79 Å². The topological polar surface area (TPSA) is 78.5 Å². The fraction of sp³-hybridized carbons (Fsp3) is 0.208. The van der Waals surface area contributed by atoms with Gasteiger partial charge in [0.25, 0.3) is 5.91 Å². The molecule has 1 aliphatic rings. The molecule has 1 saturated heterocycles. The first-order valence-corrected chi connectivity index (χ1v) is 9.79. The van der Waals surface area contributed by atoms with Crippen LogP contribution in [0.3, 0.4) is 0 Å². The fourth-order valence-corrected chi connectivity index (χ4v) is 3.97. The van der Waals surface area contributed by atoms with Crippen LogP contribution in [-0.4, -0.2) is 29.3 Å². The number of rotatable bonds is 4. The highest BCUT2D eigenvalue weighted by molar-refractivity contribution is 6.11. The zero-order valence-electron chi connectivity index (χ0n) is 17.2. The maximum Gasteiger partial charge on any atom is 0.325 e. The van der Waals surface area contributed by atoms with Gasteiger partial charge in [0.1, 0.15) is 12.1 Å². The third-order valence-electron chi connectivity index (χ3n) is 5.56. The molecule has 1 aliphatic heterocycles. The number of amides is 4. The third kappa shape index (κ3) is 3.30. The quantitative estimate of drug-likeness (QED) is 0.652. The molecule has 1 fully saturated rings. The number of imide groups is 1. The number of benzene rings is 3. The number of aryl methyl sites for hydroxylation is 2. The molecule has 0 radical (unpaired) electrons. The lowest BCUT2D eigenvalue weighted by molar-refractivity contribution is -0.133. The van der Waals surface area contributed by atoms with Gasteiger partial charge in [0.2, 0.25) is 5.91 Å². The molecule has 1 atom stereocenters. The lowest BCUT2D eigenvalue weighted by Crippen LogP contribution is -2.42. The molecule has 6 nitrogen and oxygen atoms in total. The molecule has 152 valence electrons. The predicted molar refractivity (Wildman–Crippen MR) is 116 cm³/mol. The van der Waals surface area contributed by atoms with E-state index in [0.717, 1.165) is 26.8 Å². The summed E-state index contributed by atoms with van der Waals surface area (Å²) in [6, 6.07) is 18.4. The molecule has 0 saturated carbocycles. The summed E-state index contributed by atoms with van der Waals surface area (Å²) < 4.78 is 0. The Balaban J connectivity index is 1.58. The molecule has 4 rings (SSSR count). The minimum Gasteiger partial charge on any atom is -0.324 e. The van der Waals surface area contributed by atoms with Crippen LogP contribution in [0.25, 0.3) is 10.8 Å². The molecule has 30 heavy (non-hydrogen) atoms. The van der Waals surface area contributed by atoms with Crippen molar-refractivity contribution in [3.05, 3.63) is 77.4 Å². The number of hydrogen-bond donors (Lipinski definition) is 2. The van der Waals surface area contributed by atoms with Crippen molar-refractivity contribution in [1.82, 2.24) is 10.2 Å². The first-order valence-electron chi connectivity index (χ1n) is 9.79. The standard InChI is InChI=1S/C24H23N3O3/c1-15-11-12-20(16(2)13-15)25-21(28)14-27-22(29)24(3,26-23(27)30)19-10-6-8-17-7-4-5-9-18(17)19/h4-13H,14H2,1-3H3,(H,25,28)(H,26,30). The van der Waals surface area contributed by atoms with Gasteiger partial charge in [0.15, 0.2) is 0 Å². The number of nitrogens with one attached hydrogen (secondary N) is 2. The molecule has 1 unspecified atom stereocenters.